The van der Waals surface area contributed by atoms with Crippen LogP contribution in [-0.2, 0) is 0 Å². The molecule has 3 N–H and O–H groups in total. The second-order valence-electron chi connectivity index (χ2n) is 4.44. The van der Waals surface area contributed by atoms with Gasteiger partial charge in [0.2, 0.25) is 0 Å². The lowest BCUT2D eigenvalue weighted by Crippen LogP contribution is -2.44. The van der Waals surface area contributed by atoms with Crippen molar-refractivity contribution in [1.29, 1.82) is 0 Å². The minimum Gasteiger partial charge on any atom is -0.382 e. The van der Waals surface area contributed by atoms with Crippen LogP contribution in [0.3, 0.4) is 0 Å². The van der Waals surface area contributed by atoms with Crippen LogP contribution in [0.4, 0.5) is 5.69 Å². The topological polar surface area (TPSA) is 68.8 Å². The van der Waals surface area contributed by atoms with Gasteiger partial charge in [-0.2, -0.15) is 15.0 Å². The van der Waals surface area contributed by atoms with Crippen LogP contribution in [0.15, 0.2) is 36.7 Å². The van der Waals surface area contributed by atoms with Crippen molar-refractivity contribution in [3.8, 4) is 5.69 Å². The van der Waals surface area contributed by atoms with Crippen molar-refractivity contribution in [3.63, 3.8) is 0 Å². The van der Waals surface area contributed by atoms with E-state index in [1.807, 2.05) is 24.3 Å². The van der Waals surface area contributed by atoms with Crippen molar-refractivity contribution in [2.24, 2.45) is 5.73 Å². The summed E-state index contributed by atoms with van der Waals surface area (Å²) >= 11 is 0. The molecule has 1 aromatic carbocycles. The number of hydrogen-bond donors (Lipinski definition) is 2. The molecule has 2 aromatic rings. The number of nitrogens with one attached hydrogen (secondary N) is 1. The van der Waals surface area contributed by atoms with Crippen LogP contribution in [0.2, 0.25) is 0 Å². The number of rotatable bonds is 3. The fourth-order valence-electron chi connectivity index (χ4n) is 2.06. The first-order chi connectivity index (χ1) is 8.31. The van der Waals surface area contributed by atoms with Gasteiger partial charge in [-0.25, -0.2) is 0 Å². The van der Waals surface area contributed by atoms with Crippen molar-refractivity contribution < 1.29 is 0 Å². The number of nitrogens with two attached hydrogens (primary N) is 1. The first-order valence-electron chi connectivity index (χ1n) is 5.80. The van der Waals surface area contributed by atoms with E-state index in [1.54, 1.807) is 17.2 Å². The highest BCUT2D eigenvalue weighted by Crippen LogP contribution is 2.22. The molecule has 0 radical (unpaired) electrons. The van der Waals surface area contributed by atoms with Crippen molar-refractivity contribution in [2.75, 3.05) is 5.32 Å². The van der Waals surface area contributed by atoms with E-state index in [4.69, 9.17) is 5.73 Å². The van der Waals surface area contributed by atoms with Crippen LogP contribution in [0.5, 0.6) is 0 Å². The molecule has 0 saturated heterocycles. The van der Waals surface area contributed by atoms with E-state index in [2.05, 4.69) is 15.5 Å². The molecule has 0 atom stereocenters. The number of benzene rings is 1. The standard InChI is InChI=1S/C12H15N5/c13-9-7-11(8-9)16-10-1-3-12(4-2-10)17-14-5-6-15-17/h1-6,9,11,16H,7-8,13H2. The predicted octanol–water partition coefficient (Wildman–Crippen LogP) is 1.17. The van der Waals surface area contributed by atoms with Crippen molar-refractivity contribution in [1.82, 2.24) is 15.0 Å². The summed E-state index contributed by atoms with van der Waals surface area (Å²) < 4.78 is 0. The molecule has 1 aliphatic rings. The average molecular weight is 229 g/mol. The van der Waals surface area contributed by atoms with Gasteiger partial charge < -0.3 is 11.1 Å². The zero-order valence-electron chi connectivity index (χ0n) is 9.45. The van der Waals surface area contributed by atoms with Gasteiger partial charge in [0.25, 0.3) is 0 Å². The van der Waals surface area contributed by atoms with E-state index in [0.29, 0.717) is 12.1 Å². The van der Waals surface area contributed by atoms with Gasteiger partial charge in [0.05, 0.1) is 18.1 Å². The van der Waals surface area contributed by atoms with Crippen LogP contribution in [0.1, 0.15) is 12.8 Å². The Bertz CT molecular complexity index is 470. The van der Waals surface area contributed by atoms with Gasteiger partial charge in [-0.3, -0.25) is 0 Å². The SMILES string of the molecule is NC1CC(Nc2ccc(-n3nccn3)cc2)C1. The fourth-order valence-corrected chi connectivity index (χ4v) is 2.06. The van der Waals surface area contributed by atoms with Gasteiger partial charge in [-0.05, 0) is 37.1 Å². The molecule has 1 fully saturated rings. The maximum atomic E-state index is 5.75. The summed E-state index contributed by atoms with van der Waals surface area (Å²) in [6.07, 6.45) is 5.45. The second kappa shape index (κ2) is 4.18. The molecule has 0 amide bonds. The van der Waals surface area contributed by atoms with E-state index < -0.39 is 0 Å². The van der Waals surface area contributed by atoms with Gasteiger partial charge in [0.1, 0.15) is 0 Å². The van der Waals surface area contributed by atoms with Gasteiger partial charge in [-0.1, -0.05) is 0 Å². The zero-order valence-corrected chi connectivity index (χ0v) is 9.45. The molecule has 3 rings (SSSR count). The molecule has 5 heteroatoms. The molecule has 1 aliphatic carbocycles. The molecule has 0 aliphatic heterocycles. The number of hydrogen-bond acceptors (Lipinski definition) is 4. The number of anilines is 1. The third-order valence-electron chi connectivity index (χ3n) is 3.06. The maximum absolute atomic E-state index is 5.75. The summed E-state index contributed by atoms with van der Waals surface area (Å²) in [5.74, 6) is 0. The summed E-state index contributed by atoms with van der Waals surface area (Å²) in [4.78, 5) is 1.60. The Morgan fingerprint density at radius 2 is 1.76 bits per heavy atom. The molecule has 88 valence electrons. The Morgan fingerprint density at radius 3 is 2.35 bits per heavy atom. The first-order valence-corrected chi connectivity index (χ1v) is 5.80. The largest absolute Gasteiger partial charge is 0.382 e. The highest BCUT2D eigenvalue weighted by atomic mass is 15.5. The Labute approximate surface area is 99.6 Å². The second-order valence-corrected chi connectivity index (χ2v) is 4.44. The van der Waals surface area contributed by atoms with E-state index in [-0.39, 0.29) is 0 Å². The first kappa shape index (κ1) is 10.3. The summed E-state index contributed by atoms with van der Waals surface area (Å²) in [5, 5.41) is 11.6. The predicted molar refractivity (Wildman–Crippen MR) is 66.0 cm³/mol. The summed E-state index contributed by atoms with van der Waals surface area (Å²) in [6.45, 7) is 0. The zero-order chi connectivity index (χ0) is 11.7. The molecule has 1 saturated carbocycles. The Balaban J connectivity index is 1.68. The summed E-state index contributed by atoms with van der Waals surface area (Å²) in [6, 6.07) is 8.99. The molecule has 17 heavy (non-hydrogen) atoms. The third-order valence-corrected chi connectivity index (χ3v) is 3.06. The number of nitrogens with zero attached hydrogens (tertiary/aromatic N) is 3. The highest BCUT2D eigenvalue weighted by molar-refractivity contribution is 5.49. The molecule has 1 heterocycles. The minimum atomic E-state index is 0.375. The Morgan fingerprint density at radius 1 is 1.12 bits per heavy atom. The fraction of sp³-hybridized carbons (Fsp3) is 0.333. The van der Waals surface area contributed by atoms with Crippen LogP contribution in [0, 0.1) is 0 Å². The monoisotopic (exact) mass is 229 g/mol. The molecular formula is C12H15N5. The van der Waals surface area contributed by atoms with E-state index in [1.165, 1.54) is 0 Å². The van der Waals surface area contributed by atoms with Gasteiger partial charge in [0.15, 0.2) is 0 Å². The molecule has 5 nitrogen and oxygen atoms in total. The van der Waals surface area contributed by atoms with Crippen molar-refractivity contribution in [3.05, 3.63) is 36.7 Å². The van der Waals surface area contributed by atoms with Gasteiger partial charge in [0, 0.05) is 17.8 Å². The summed E-state index contributed by atoms with van der Waals surface area (Å²) in [7, 11) is 0. The molecular weight excluding hydrogens is 214 g/mol. The van der Waals surface area contributed by atoms with Crippen molar-refractivity contribution in [2.45, 2.75) is 24.9 Å². The van der Waals surface area contributed by atoms with Crippen LogP contribution in [0.25, 0.3) is 5.69 Å². The van der Waals surface area contributed by atoms with E-state index in [9.17, 15) is 0 Å². The number of aromatic nitrogens is 3. The van der Waals surface area contributed by atoms with Crippen LogP contribution in [-0.4, -0.2) is 27.1 Å². The minimum absolute atomic E-state index is 0.375. The quantitative estimate of drug-likeness (QED) is 0.829. The normalized spacial score (nSPS) is 23.1. The van der Waals surface area contributed by atoms with Crippen LogP contribution < -0.4 is 11.1 Å². The lowest BCUT2D eigenvalue weighted by Gasteiger charge is -2.33. The molecule has 1 aromatic heterocycles. The van der Waals surface area contributed by atoms with Gasteiger partial charge in [-0.15, -0.1) is 0 Å². The average Bonchev–Trinajstić information content (AvgIpc) is 2.81. The van der Waals surface area contributed by atoms with Crippen LogP contribution >= 0.6 is 0 Å². The lowest BCUT2D eigenvalue weighted by atomic mass is 9.87. The highest BCUT2D eigenvalue weighted by Gasteiger charge is 2.25. The van der Waals surface area contributed by atoms with E-state index >= 15 is 0 Å². The molecule has 0 bridgehead atoms. The maximum Gasteiger partial charge on any atom is 0.0858 e. The third kappa shape index (κ3) is 2.14. The van der Waals surface area contributed by atoms with Gasteiger partial charge >= 0.3 is 0 Å². The Kier molecular flexibility index (Phi) is 2.53. The lowest BCUT2D eigenvalue weighted by molar-refractivity contribution is 0.373. The molecule has 0 spiro atoms. The Hall–Kier alpha value is -1.88. The van der Waals surface area contributed by atoms with E-state index in [0.717, 1.165) is 24.2 Å². The molecule has 0 unspecified atom stereocenters. The smallest absolute Gasteiger partial charge is 0.0858 e. The summed E-state index contributed by atoms with van der Waals surface area (Å²) in [5.41, 5.74) is 7.84. The van der Waals surface area contributed by atoms with Crippen molar-refractivity contribution >= 4 is 5.69 Å².